The molecule has 2 fully saturated rings. The molecule has 27 heavy (non-hydrogen) atoms. The predicted molar refractivity (Wildman–Crippen MR) is 108 cm³/mol. The van der Waals surface area contributed by atoms with Crippen molar-refractivity contribution in [1.29, 1.82) is 0 Å². The number of carbonyl (C=O) groups is 1. The van der Waals surface area contributed by atoms with Gasteiger partial charge in [0.05, 0.1) is 6.04 Å². The second-order valence-electron chi connectivity index (χ2n) is 7.53. The van der Waals surface area contributed by atoms with Gasteiger partial charge in [-0.3, -0.25) is 14.6 Å². The zero-order valence-corrected chi connectivity index (χ0v) is 16.4. The van der Waals surface area contributed by atoms with Gasteiger partial charge in [0, 0.05) is 30.4 Å². The summed E-state index contributed by atoms with van der Waals surface area (Å²) in [4.78, 5) is 12.5. The van der Waals surface area contributed by atoms with E-state index >= 15 is 0 Å². The second-order valence-corrected chi connectivity index (χ2v) is 7.53. The first-order valence-corrected chi connectivity index (χ1v) is 9.92. The van der Waals surface area contributed by atoms with Crippen molar-refractivity contribution in [2.45, 2.75) is 63.3 Å². The first kappa shape index (κ1) is 19.9. The van der Waals surface area contributed by atoms with Crippen LogP contribution < -0.4 is 10.6 Å². The van der Waals surface area contributed by atoms with Crippen LogP contribution in [0.4, 0.5) is 5.82 Å². The van der Waals surface area contributed by atoms with E-state index in [0.717, 1.165) is 31.6 Å². The van der Waals surface area contributed by atoms with E-state index in [-0.39, 0.29) is 18.3 Å². The van der Waals surface area contributed by atoms with Gasteiger partial charge in [-0.25, -0.2) is 0 Å². The number of amides is 1. The number of H-pyrrole nitrogens is 1. The highest BCUT2D eigenvalue weighted by Crippen LogP contribution is 2.31. The van der Waals surface area contributed by atoms with Gasteiger partial charge in [-0.1, -0.05) is 25.7 Å². The number of hydrogen-bond acceptors (Lipinski definition) is 4. The molecule has 4 rings (SSSR count). The van der Waals surface area contributed by atoms with E-state index in [2.05, 4.69) is 25.9 Å². The highest BCUT2D eigenvalue weighted by Gasteiger charge is 2.20. The molecule has 1 unspecified atom stereocenters. The Morgan fingerprint density at radius 3 is 2.70 bits per heavy atom. The third-order valence-corrected chi connectivity index (χ3v) is 5.62. The van der Waals surface area contributed by atoms with E-state index in [0.29, 0.717) is 23.5 Å². The molecule has 2 aliphatic rings. The molecule has 148 valence electrons. The van der Waals surface area contributed by atoms with Gasteiger partial charge in [-0.15, -0.1) is 12.4 Å². The Kier molecular flexibility index (Phi) is 6.90. The summed E-state index contributed by atoms with van der Waals surface area (Å²) in [6.07, 6.45) is 11.8. The molecule has 0 radical (unpaired) electrons. The lowest BCUT2D eigenvalue weighted by atomic mass is 9.97. The molecule has 8 heteroatoms. The monoisotopic (exact) mass is 392 g/mol. The number of carbonyl (C=O) groups excluding carboxylic acids is 1. The summed E-state index contributed by atoms with van der Waals surface area (Å²) in [5.41, 5.74) is 1.58. The van der Waals surface area contributed by atoms with Gasteiger partial charge in [0.1, 0.15) is 0 Å². The van der Waals surface area contributed by atoms with Crippen LogP contribution in [0.25, 0.3) is 0 Å². The van der Waals surface area contributed by atoms with Crippen LogP contribution in [0.1, 0.15) is 79.5 Å². The van der Waals surface area contributed by atoms with Crippen molar-refractivity contribution < 1.29 is 4.79 Å². The molecule has 1 atom stereocenters. The number of aromatic nitrogens is 4. The molecule has 0 bridgehead atoms. The molecule has 2 aromatic heterocycles. The van der Waals surface area contributed by atoms with E-state index in [1.165, 1.54) is 38.5 Å². The first-order valence-electron chi connectivity index (χ1n) is 9.92. The Hall–Kier alpha value is -1.86. The smallest absolute Gasteiger partial charge is 0.277 e. The van der Waals surface area contributed by atoms with Gasteiger partial charge in [0.25, 0.3) is 5.91 Å². The quantitative estimate of drug-likeness (QED) is 0.693. The lowest BCUT2D eigenvalue weighted by molar-refractivity contribution is 0.102. The molecular formula is C19H29ClN6O. The topological polar surface area (TPSA) is 87.6 Å². The number of anilines is 1. The minimum Gasteiger partial charge on any atom is -0.315 e. The van der Waals surface area contributed by atoms with Crippen molar-refractivity contribution in [1.82, 2.24) is 25.3 Å². The summed E-state index contributed by atoms with van der Waals surface area (Å²) in [6.45, 7) is 1.97. The molecular weight excluding hydrogens is 364 g/mol. The fourth-order valence-corrected chi connectivity index (χ4v) is 4.10. The van der Waals surface area contributed by atoms with Crippen molar-refractivity contribution in [3.05, 3.63) is 29.7 Å². The molecule has 3 heterocycles. The molecule has 0 aromatic carbocycles. The standard InChI is InChI=1S/C19H28N6O.ClH/c26-19(16-9-11-25(24-16)15-8-5-10-20-13-15)21-18-12-17(22-23-18)14-6-3-1-2-4-7-14;/h9,11-12,14-15,20H,1-8,10,13H2,(H2,21,22,23,26);1H. The summed E-state index contributed by atoms with van der Waals surface area (Å²) < 4.78 is 1.91. The number of nitrogens with one attached hydrogen (secondary N) is 3. The average Bonchev–Trinajstić information content (AvgIpc) is 3.26. The van der Waals surface area contributed by atoms with Crippen molar-refractivity contribution in [3.8, 4) is 0 Å². The van der Waals surface area contributed by atoms with E-state index in [1.54, 1.807) is 6.07 Å². The summed E-state index contributed by atoms with van der Waals surface area (Å²) >= 11 is 0. The molecule has 2 aromatic rings. The maximum absolute atomic E-state index is 12.5. The van der Waals surface area contributed by atoms with Gasteiger partial charge in [0.2, 0.25) is 0 Å². The first-order chi connectivity index (χ1) is 12.8. The fraction of sp³-hybridized carbons (Fsp3) is 0.632. The molecule has 1 aliphatic heterocycles. The molecule has 1 saturated heterocycles. The van der Waals surface area contributed by atoms with Crippen molar-refractivity contribution >= 4 is 24.1 Å². The molecule has 1 amide bonds. The van der Waals surface area contributed by atoms with E-state index in [4.69, 9.17) is 0 Å². The Labute approximate surface area is 166 Å². The number of aromatic amines is 1. The van der Waals surface area contributed by atoms with Crippen LogP contribution in [-0.4, -0.2) is 39.0 Å². The Balaban J connectivity index is 0.00000210. The average molecular weight is 393 g/mol. The van der Waals surface area contributed by atoms with Crippen LogP contribution in [0.15, 0.2) is 18.3 Å². The molecule has 0 spiro atoms. The summed E-state index contributed by atoms with van der Waals surface area (Å²) in [6, 6.07) is 4.09. The summed E-state index contributed by atoms with van der Waals surface area (Å²) in [7, 11) is 0. The van der Waals surface area contributed by atoms with E-state index in [9.17, 15) is 4.79 Å². The van der Waals surface area contributed by atoms with Gasteiger partial charge in [0.15, 0.2) is 11.5 Å². The highest BCUT2D eigenvalue weighted by atomic mass is 35.5. The van der Waals surface area contributed by atoms with Crippen LogP contribution in [0.3, 0.4) is 0 Å². The fourth-order valence-electron chi connectivity index (χ4n) is 4.10. The molecule has 7 nitrogen and oxygen atoms in total. The lowest BCUT2D eigenvalue weighted by Gasteiger charge is -2.22. The highest BCUT2D eigenvalue weighted by molar-refractivity contribution is 6.02. The normalized spacial score (nSPS) is 21.3. The lowest BCUT2D eigenvalue weighted by Crippen LogP contribution is -2.32. The maximum Gasteiger partial charge on any atom is 0.277 e. The Bertz CT molecular complexity index is 728. The molecule has 1 saturated carbocycles. The molecule has 3 N–H and O–H groups in total. The minimum atomic E-state index is -0.202. The second kappa shape index (κ2) is 9.37. The third-order valence-electron chi connectivity index (χ3n) is 5.62. The van der Waals surface area contributed by atoms with Crippen LogP contribution in [0.5, 0.6) is 0 Å². The van der Waals surface area contributed by atoms with E-state index in [1.807, 2.05) is 16.9 Å². The van der Waals surface area contributed by atoms with Crippen LogP contribution in [0, 0.1) is 0 Å². The predicted octanol–water partition coefficient (Wildman–Crippen LogP) is 3.64. The van der Waals surface area contributed by atoms with Gasteiger partial charge in [-0.2, -0.15) is 10.2 Å². The van der Waals surface area contributed by atoms with Crippen molar-refractivity contribution in [2.24, 2.45) is 0 Å². The van der Waals surface area contributed by atoms with Crippen molar-refractivity contribution in [3.63, 3.8) is 0 Å². The number of hydrogen-bond donors (Lipinski definition) is 3. The largest absolute Gasteiger partial charge is 0.315 e. The number of piperidine rings is 1. The number of halogens is 1. The van der Waals surface area contributed by atoms with Crippen molar-refractivity contribution in [2.75, 3.05) is 18.4 Å². The Morgan fingerprint density at radius 2 is 1.96 bits per heavy atom. The summed E-state index contributed by atoms with van der Waals surface area (Å²) in [5.74, 6) is 0.920. The summed E-state index contributed by atoms with van der Waals surface area (Å²) in [5, 5.41) is 18.1. The van der Waals surface area contributed by atoms with E-state index < -0.39 is 0 Å². The zero-order chi connectivity index (χ0) is 17.8. The van der Waals surface area contributed by atoms with Gasteiger partial charge < -0.3 is 10.6 Å². The third kappa shape index (κ3) is 4.90. The number of rotatable bonds is 4. The Morgan fingerprint density at radius 1 is 1.15 bits per heavy atom. The van der Waals surface area contributed by atoms with Crippen LogP contribution >= 0.6 is 12.4 Å². The number of nitrogens with zero attached hydrogens (tertiary/aromatic N) is 3. The minimum absolute atomic E-state index is 0. The zero-order valence-electron chi connectivity index (χ0n) is 15.6. The maximum atomic E-state index is 12.5. The van der Waals surface area contributed by atoms with Gasteiger partial charge in [-0.05, 0) is 38.3 Å². The van der Waals surface area contributed by atoms with Crippen LogP contribution in [0.2, 0.25) is 0 Å². The van der Waals surface area contributed by atoms with Crippen LogP contribution in [-0.2, 0) is 0 Å². The molecule has 1 aliphatic carbocycles. The van der Waals surface area contributed by atoms with Gasteiger partial charge >= 0.3 is 0 Å². The SMILES string of the molecule is Cl.O=C(Nc1cc(C2CCCCCC2)[nH]n1)c1ccn(C2CCCNC2)n1.